The highest BCUT2D eigenvalue weighted by Crippen LogP contribution is 2.26. The van der Waals surface area contributed by atoms with E-state index in [4.69, 9.17) is 34.8 Å². The van der Waals surface area contributed by atoms with E-state index >= 15 is 0 Å². The normalized spacial score (nSPS) is 10.7. The monoisotopic (exact) mass is 304 g/mol. The minimum atomic E-state index is 0.348. The molecule has 0 unspecified atom stereocenters. The van der Waals surface area contributed by atoms with Gasteiger partial charge < -0.3 is 9.88 Å². The molecule has 2 aromatic rings. The van der Waals surface area contributed by atoms with Gasteiger partial charge in [-0.25, -0.2) is 9.97 Å². The van der Waals surface area contributed by atoms with Crippen LogP contribution in [0.5, 0.6) is 0 Å². The number of anilines is 1. The van der Waals surface area contributed by atoms with Gasteiger partial charge in [-0.2, -0.15) is 0 Å². The highest BCUT2D eigenvalue weighted by Gasteiger charge is 2.09. The van der Waals surface area contributed by atoms with Crippen LogP contribution in [0.25, 0.3) is 0 Å². The largest absolute Gasteiger partial charge is 0.375 e. The van der Waals surface area contributed by atoms with Crippen molar-refractivity contribution in [3.8, 4) is 0 Å². The number of halogens is 3. The Bertz CT molecular complexity index is 557. The van der Waals surface area contributed by atoms with Crippen molar-refractivity contribution in [3.05, 3.63) is 39.1 Å². The second kappa shape index (κ2) is 5.34. The van der Waals surface area contributed by atoms with Crippen molar-refractivity contribution in [2.24, 2.45) is 7.05 Å². The van der Waals surface area contributed by atoms with Crippen LogP contribution in [0.4, 0.5) is 5.69 Å². The number of pyridine rings is 1. The summed E-state index contributed by atoms with van der Waals surface area (Å²) in [5, 5.41) is 4.50. The Morgan fingerprint density at radius 3 is 2.61 bits per heavy atom. The minimum absolute atomic E-state index is 0.348. The fourth-order valence-electron chi connectivity index (χ4n) is 1.56. The Kier molecular flexibility index (Phi) is 4.00. The van der Waals surface area contributed by atoms with E-state index in [0.717, 1.165) is 17.1 Å². The van der Waals surface area contributed by atoms with Gasteiger partial charge in [0.25, 0.3) is 0 Å². The van der Waals surface area contributed by atoms with Gasteiger partial charge in [0.2, 0.25) is 0 Å². The molecule has 0 amide bonds. The molecule has 0 aliphatic rings. The molecular formula is C11H11Cl3N4. The fourth-order valence-corrected chi connectivity index (χ4v) is 2.31. The van der Waals surface area contributed by atoms with Crippen LogP contribution >= 0.6 is 34.8 Å². The molecule has 18 heavy (non-hydrogen) atoms. The summed E-state index contributed by atoms with van der Waals surface area (Å²) >= 11 is 17.8. The first-order valence-corrected chi connectivity index (χ1v) is 6.35. The molecule has 7 heteroatoms. The van der Waals surface area contributed by atoms with Gasteiger partial charge in [-0.1, -0.05) is 34.8 Å². The second-order valence-corrected chi connectivity index (χ2v) is 4.97. The van der Waals surface area contributed by atoms with Crippen LogP contribution < -0.4 is 5.32 Å². The first-order valence-electron chi connectivity index (χ1n) is 5.21. The van der Waals surface area contributed by atoms with Crippen molar-refractivity contribution in [3.63, 3.8) is 0 Å². The predicted octanol–water partition coefficient (Wildman–Crippen LogP) is 3.70. The molecule has 1 N–H and O–H groups in total. The lowest BCUT2D eigenvalue weighted by Crippen LogP contribution is -2.08. The number of nitrogens with zero attached hydrogens (tertiary/aromatic N) is 3. The van der Waals surface area contributed by atoms with E-state index in [9.17, 15) is 0 Å². The average molecular weight is 306 g/mol. The first kappa shape index (κ1) is 13.5. The smallest absolute Gasteiger partial charge is 0.154 e. The predicted molar refractivity (Wildman–Crippen MR) is 74.5 cm³/mol. The molecule has 0 aliphatic heterocycles. The lowest BCUT2D eigenvalue weighted by molar-refractivity contribution is 0.813. The SMILES string of the molecule is Cc1cc(Cl)nc(Cl)c1NCc1ncc(Cl)n1C. The van der Waals surface area contributed by atoms with Crippen molar-refractivity contribution in [1.82, 2.24) is 14.5 Å². The molecule has 0 saturated heterocycles. The summed E-state index contributed by atoms with van der Waals surface area (Å²) in [6, 6.07) is 1.75. The molecule has 2 rings (SSSR count). The molecule has 0 fully saturated rings. The molecule has 0 bridgehead atoms. The van der Waals surface area contributed by atoms with E-state index in [1.165, 1.54) is 0 Å². The number of imidazole rings is 1. The van der Waals surface area contributed by atoms with Gasteiger partial charge in [0.05, 0.1) is 18.4 Å². The summed E-state index contributed by atoms with van der Waals surface area (Å²) < 4.78 is 1.79. The van der Waals surface area contributed by atoms with E-state index in [2.05, 4.69) is 15.3 Å². The summed E-state index contributed by atoms with van der Waals surface area (Å²) in [6.45, 7) is 2.42. The van der Waals surface area contributed by atoms with E-state index in [1.807, 2.05) is 14.0 Å². The topological polar surface area (TPSA) is 42.7 Å². The minimum Gasteiger partial charge on any atom is -0.375 e. The summed E-state index contributed by atoms with van der Waals surface area (Å²) in [6.07, 6.45) is 1.60. The van der Waals surface area contributed by atoms with Crippen molar-refractivity contribution in [1.29, 1.82) is 0 Å². The maximum atomic E-state index is 6.03. The zero-order valence-corrected chi connectivity index (χ0v) is 12.1. The molecule has 0 atom stereocenters. The molecule has 2 aromatic heterocycles. The maximum Gasteiger partial charge on any atom is 0.154 e. The van der Waals surface area contributed by atoms with Gasteiger partial charge in [0.1, 0.15) is 16.1 Å². The van der Waals surface area contributed by atoms with E-state index in [0.29, 0.717) is 22.0 Å². The quantitative estimate of drug-likeness (QED) is 0.879. The average Bonchev–Trinajstić information content (AvgIpc) is 2.59. The maximum absolute atomic E-state index is 6.03. The van der Waals surface area contributed by atoms with E-state index in [-0.39, 0.29) is 0 Å². The van der Waals surface area contributed by atoms with Crippen molar-refractivity contribution < 1.29 is 0 Å². The molecule has 2 heterocycles. The van der Waals surface area contributed by atoms with Gasteiger partial charge in [-0.15, -0.1) is 0 Å². The Morgan fingerprint density at radius 2 is 2.06 bits per heavy atom. The number of rotatable bonds is 3. The summed E-state index contributed by atoms with van der Waals surface area (Å²) in [7, 11) is 1.85. The Balaban J connectivity index is 2.18. The molecule has 0 spiro atoms. The van der Waals surface area contributed by atoms with Crippen LogP contribution in [0.15, 0.2) is 12.3 Å². The number of aryl methyl sites for hydroxylation is 1. The Hall–Kier alpha value is -0.970. The zero-order valence-electron chi connectivity index (χ0n) is 9.84. The van der Waals surface area contributed by atoms with Gasteiger partial charge in [0, 0.05) is 7.05 Å². The lowest BCUT2D eigenvalue weighted by atomic mass is 10.2. The van der Waals surface area contributed by atoms with Crippen LogP contribution in [0.2, 0.25) is 15.5 Å². The number of hydrogen-bond acceptors (Lipinski definition) is 3. The molecule has 4 nitrogen and oxygen atoms in total. The molecule has 0 saturated carbocycles. The van der Waals surface area contributed by atoms with Crippen LogP contribution in [0, 0.1) is 6.92 Å². The number of nitrogens with one attached hydrogen (secondary N) is 1. The summed E-state index contributed by atoms with van der Waals surface area (Å²) in [5.41, 5.74) is 1.68. The van der Waals surface area contributed by atoms with Gasteiger partial charge in [-0.05, 0) is 18.6 Å². The van der Waals surface area contributed by atoms with Crippen LogP contribution in [0.3, 0.4) is 0 Å². The van der Waals surface area contributed by atoms with Crippen LogP contribution in [0.1, 0.15) is 11.4 Å². The second-order valence-electron chi connectivity index (χ2n) is 3.84. The first-order chi connectivity index (χ1) is 8.49. The third kappa shape index (κ3) is 2.71. The zero-order chi connectivity index (χ0) is 13.3. The highest BCUT2D eigenvalue weighted by molar-refractivity contribution is 6.34. The third-order valence-corrected chi connectivity index (χ3v) is 3.41. The van der Waals surface area contributed by atoms with E-state index < -0.39 is 0 Å². The van der Waals surface area contributed by atoms with Gasteiger partial charge >= 0.3 is 0 Å². The van der Waals surface area contributed by atoms with Crippen molar-refractivity contribution in [2.45, 2.75) is 13.5 Å². The van der Waals surface area contributed by atoms with Crippen LogP contribution in [-0.2, 0) is 13.6 Å². The standard InChI is InChI=1S/C11H11Cl3N4/c1-6-3-7(12)17-11(14)10(6)16-5-9-15-4-8(13)18(9)2/h3-4,16H,5H2,1-2H3. The lowest BCUT2D eigenvalue weighted by Gasteiger charge is -2.11. The van der Waals surface area contributed by atoms with Gasteiger partial charge in [-0.3, -0.25) is 0 Å². The molecule has 0 aliphatic carbocycles. The summed E-state index contributed by atoms with van der Waals surface area (Å²) in [5.74, 6) is 0.811. The highest BCUT2D eigenvalue weighted by atomic mass is 35.5. The third-order valence-electron chi connectivity index (χ3n) is 2.59. The van der Waals surface area contributed by atoms with Crippen LogP contribution in [-0.4, -0.2) is 14.5 Å². The molecule has 0 radical (unpaired) electrons. The summed E-state index contributed by atoms with van der Waals surface area (Å²) in [4.78, 5) is 8.18. The molecule has 96 valence electrons. The van der Waals surface area contributed by atoms with Crippen molar-refractivity contribution >= 4 is 40.5 Å². The van der Waals surface area contributed by atoms with E-state index in [1.54, 1.807) is 16.8 Å². The number of hydrogen-bond donors (Lipinski definition) is 1. The molecule has 0 aromatic carbocycles. The van der Waals surface area contributed by atoms with Crippen molar-refractivity contribution in [2.75, 3.05) is 5.32 Å². The number of aromatic nitrogens is 3. The van der Waals surface area contributed by atoms with Gasteiger partial charge in [0.15, 0.2) is 5.15 Å². The Labute approximate surface area is 120 Å². The Morgan fingerprint density at radius 1 is 1.33 bits per heavy atom. The fraction of sp³-hybridized carbons (Fsp3) is 0.273. The molecular weight excluding hydrogens is 295 g/mol.